The van der Waals surface area contributed by atoms with Crippen LogP contribution in [-0.4, -0.2) is 85.3 Å². The fraction of sp³-hybridized carbons (Fsp3) is 0.417. The molecule has 1 fully saturated rings. The number of rotatable bonds is 7. The van der Waals surface area contributed by atoms with Gasteiger partial charge in [-0.05, 0) is 31.0 Å². The number of nitrogens with zero attached hydrogens (tertiary/aromatic N) is 6. The Kier molecular flexibility index (Phi) is 6.97. The largest absolute Gasteiger partial charge is 0.479 e. The van der Waals surface area contributed by atoms with Gasteiger partial charge in [-0.2, -0.15) is 4.98 Å². The summed E-state index contributed by atoms with van der Waals surface area (Å²) in [7, 11) is 1.21. The number of aliphatic hydroxyl groups is 1. The van der Waals surface area contributed by atoms with Crippen LogP contribution in [-0.2, 0) is 11.3 Å². The second-order valence-corrected chi connectivity index (χ2v) is 9.30. The number of ether oxygens (including phenoxy) is 1. The zero-order valence-corrected chi connectivity index (χ0v) is 21.1. The topological polar surface area (TPSA) is 110 Å². The van der Waals surface area contributed by atoms with Crippen molar-refractivity contribution in [2.24, 2.45) is 0 Å². The van der Waals surface area contributed by atoms with Gasteiger partial charge in [0.15, 0.2) is 11.6 Å². The number of hydrogen-bond donors (Lipinski definition) is 2. The molecule has 0 aliphatic carbocycles. The molecule has 0 unspecified atom stereocenters. The molecule has 3 aromatic heterocycles. The smallest absolute Gasteiger partial charge is 0.285 e. The predicted molar refractivity (Wildman–Crippen MR) is 130 cm³/mol. The number of alkyl halides is 4. The van der Waals surface area contributed by atoms with Gasteiger partial charge in [0.25, 0.3) is 12.3 Å². The number of piperidine rings is 1. The maximum atomic E-state index is 15.3. The van der Waals surface area contributed by atoms with Crippen molar-refractivity contribution in [3.63, 3.8) is 0 Å². The van der Waals surface area contributed by atoms with E-state index in [1.54, 1.807) is 0 Å². The first kappa shape index (κ1) is 27.5. The number of hydrogen-bond acceptors (Lipinski definition) is 7. The van der Waals surface area contributed by atoms with E-state index >= 15 is 8.78 Å². The van der Waals surface area contributed by atoms with E-state index in [2.05, 4.69) is 20.4 Å². The fourth-order valence-electron chi connectivity index (χ4n) is 4.90. The number of carbonyl (C=O) groups excluding carboxylic acids is 1. The van der Waals surface area contributed by atoms with Crippen LogP contribution < -0.4 is 10.1 Å². The highest BCUT2D eigenvalue weighted by molar-refractivity contribution is 5.90. The van der Waals surface area contributed by atoms with Crippen LogP contribution in [0.5, 0.6) is 5.88 Å². The van der Waals surface area contributed by atoms with E-state index in [4.69, 9.17) is 9.84 Å². The minimum Gasteiger partial charge on any atom is -0.479 e. The van der Waals surface area contributed by atoms with Crippen LogP contribution >= 0.6 is 0 Å². The lowest BCUT2D eigenvalue weighted by molar-refractivity contribution is -0.145. The number of likely N-dealkylation sites (tertiary alicyclic amines) is 1. The van der Waals surface area contributed by atoms with Gasteiger partial charge in [-0.3, -0.25) is 4.79 Å². The number of benzene rings is 1. The monoisotopic (exact) mass is 571 g/mol. The van der Waals surface area contributed by atoms with E-state index in [-0.39, 0.29) is 58.3 Å². The molecule has 1 atom stereocenters. The molecule has 1 aliphatic rings. The molecule has 214 valence electrons. The molecule has 0 spiro atoms. The molecule has 0 saturated carbocycles. The Morgan fingerprint density at radius 3 is 2.65 bits per heavy atom. The molecule has 1 amide bonds. The van der Waals surface area contributed by atoms with E-state index in [0.717, 1.165) is 26.2 Å². The summed E-state index contributed by atoms with van der Waals surface area (Å²) in [5.41, 5.74) is -0.425. The van der Waals surface area contributed by atoms with Gasteiger partial charge in [0.2, 0.25) is 17.7 Å². The maximum Gasteiger partial charge on any atom is 0.285 e. The van der Waals surface area contributed by atoms with Crippen molar-refractivity contribution in [1.29, 1.82) is 0 Å². The number of aromatic nitrogens is 5. The molecule has 0 radical (unpaired) electrons. The molecule has 0 bridgehead atoms. The van der Waals surface area contributed by atoms with Crippen molar-refractivity contribution in [1.82, 2.24) is 29.0 Å². The van der Waals surface area contributed by atoms with Crippen molar-refractivity contribution in [3.05, 3.63) is 35.8 Å². The first-order chi connectivity index (χ1) is 18.9. The van der Waals surface area contributed by atoms with Crippen LogP contribution in [0.25, 0.3) is 27.7 Å². The average Bonchev–Trinajstić information content (AvgIpc) is 3.39. The number of amides is 1. The van der Waals surface area contributed by atoms with Crippen LogP contribution in [0.3, 0.4) is 0 Å². The zero-order valence-electron chi connectivity index (χ0n) is 21.1. The van der Waals surface area contributed by atoms with Crippen LogP contribution in [0, 0.1) is 18.6 Å². The molecule has 16 heteroatoms. The highest BCUT2D eigenvalue weighted by Gasteiger charge is 2.46. The van der Waals surface area contributed by atoms with Crippen LogP contribution in [0.2, 0.25) is 0 Å². The van der Waals surface area contributed by atoms with Crippen molar-refractivity contribution >= 4 is 28.4 Å². The third-order valence-corrected chi connectivity index (χ3v) is 6.74. The molecular weight excluding hydrogens is 548 g/mol. The van der Waals surface area contributed by atoms with Crippen LogP contribution in [0.4, 0.5) is 32.3 Å². The summed E-state index contributed by atoms with van der Waals surface area (Å²) >= 11 is 0. The van der Waals surface area contributed by atoms with Gasteiger partial charge in [0.05, 0.1) is 43.5 Å². The minimum absolute atomic E-state index is 0.0259. The van der Waals surface area contributed by atoms with Gasteiger partial charge in [0, 0.05) is 6.54 Å². The van der Waals surface area contributed by atoms with Crippen molar-refractivity contribution in [3.8, 4) is 17.0 Å². The zero-order chi connectivity index (χ0) is 28.9. The Morgan fingerprint density at radius 2 is 2.00 bits per heavy atom. The number of methoxy groups -OCH3 is 1. The first-order valence-electron chi connectivity index (χ1n) is 12.0. The average molecular weight is 571 g/mol. The number of fused-ring (bicyclic) bond motifs is 2. The number of aryl methyl sites for hydroxylation is 1. The summed E-state index contributed by atoms with van der Waals surface area (Å²) in [6.07, 6.45) is -2.02. The van der Waals surface area contributed by atoms with Crippen molar-refractivity contribution < 1.29 is 41.0 Å². The molecule has 4 heterocycles. The highest BCUT2D eigenvalue weighted by Crippen LogP contribution is 2.37. The highest BCUT2D eigenvalue weighted by atomic mass is 19.3. The second-order valence-electron chi connectivity index (χ2n) is 9.30. The third-order valence-electron chi connectivity index (χ3n) is 6.74. The molecule has 1 aliphatic heterocycles. The third kappa shape index (κ3) is 4.76. The predicted octanol–water partition coefficient (Wildman–Crippen LogP) is 3.25. The molecule has 1 aromatic carbocycles. The fourth-order valence-corrected chi connectivity index (χ4v) is 4.90. The van der Waals surface area contributed by atoms with E-state index in [1.807, 2.05) is 0 Å². The van der Waals surface area contributed by atoms with Gasteiger partial charge in [-0.1, -0.05) is 0 Å². The number of nitrogens with one attached hydrogen (secondary N) is 1. The van der Waals surface area contributed by atoms with E-state index in [1.165, 1.54) is 20.1 Å². The summed E-state index contributed by atoms with van der Waals surface area (Å²) in [4.78, 5) is 20.6. The lowest BCUT2D eigenvalue weighted by Crippen LogP contribution is -2.56. The Morgan fingerprint density at radius 1 is 1.25 bits per heavy atom. The Balaban J connectivity index is 1.55. The Hall–Kier alpha value is -4.08. The molecule has 2 N–H and O–H groups in total. The number of aliphatic hydroxyl groups excluding tert-OH is 1. The number of anilines is 1. The Bertz CT molecular complexity index is 1610. The minimum atomic E-state index is -3.41. The number of halogens is 6. The molecule has 1 saturated heterocycles. The normalized spacial score (nSPS) is 17.2. The molecular formula is C24H23F6N7O3. The molecule has 10 nitrogen and oxygen atoms in total. The van der Waals surface area contributed by atoms with E-state index in [0.29, 0.717) is 0 Å². The number of imidazole rings is 1. The molecule has 5 rings (SSSR count). The quantitative estimate of drug-likeness (QED) is 0.328. The standard InChI is InChI=1S/C24H23F6N7O3/c1-11-31-20-13(25)5-12(6-15(20)36(11)8-17(27)28)19-14(26)7-37-21(19)22(40-2)33-23(34-37)32-16-3-4-35(18(39)9-38)10-24(16,29)30/h5-7,16-17,38H,3-4,8-10H2,1-2H3,(H,32,34)/t16-/m1/s1. The van der Waals surface area contributed by atoms with E-state index < -0.39 is 55.6 Å². The first-order valence-corrected chi connectivity index (χ1v) is 12.0. The molecule has 40 heavy (non-hydrogen) atoms. The maximum absolute atomic E-state index is 15.3. The summed E-state index contributed by atoms with van der Waals surface area (Å²) in [5.74, 6) is -6.40. The summed E-state index contributed by atoms with van der Waals surface area (Å²) in [6.45, 7) is -1.18. The lowest BCUT2D eigenvalue weighted by Gasteiger charge is -2.38. The van der Waals surface area contributed by atoms with Gasteiger partial charge >= 0.3 is 0 Å². The van der Waals surface area contributed by atoms with Crippen LogP contribution in [0.15, 0.2) is 18.3 Å². The Labute approximate surface area is 222 Å². The van der Waals surface area contributed by atoms with Crippen molar-refractivity contribution in [2.75, 3.05) is 32.1 Å². The summed E-state index contributed by atoms with van der Waals surface area (Å²) in [6, 6.07) is 0.812. The van der Waals surface area contributed by atoms with Crippen molar-refractivity contribution in [2.45, 2.75) is 38.3 Å². The van der Waals surface area contributed by atoms with Crippen LogP contribution in [0.1, 0.15) is 12.2 Å². The van der Waals surface area contributed by atoms with Gasteiger partial charge in [0.1, 0.15) is 23.5 Å². The molecule has 4 aromatic rings. The lowest BCUT2D eigenvalue weighted by atomic mass is 10.0. The SMILES string of the molecule is COc1nc(N[C@@H]2CCN(C(=O)CO)CC2(F)F)nn2cc(F)c(-c3cc(F)c4nc(C)n(CC(F)F)c4c3)c12. The van der Waals surface area contributed by atoms with Gasteiger partial charge in [-0.15, -0.1) is 5.10 Å². The summed E-state index contributed by atoms with van der Waals surface area (Å²) in [5, 5.41) is 15.5. The second kappa shape index (κ2) is 10.1. The summed E-state index contributed by atoms with van der Waals surface area (Å²) < 4.78 is 93.6. The van der Waals surface area contributed by atoms with E-state index in [9.17, 15) is 22.4 Å². The number of carbonyl (C=O) groups is 1. The van der Waals surface area contributed by atoms with Gasteiger partial charge < -0.3 is 24.6 Å². The van der Waals surface area contributed by atoms with Gasteiger partial charge in [-0.25, -0.2) is 35.8 Å².